The summed E-state index contributed by atoms with van der Waals surface area (Å²) in [6.07, 6.45) is 3.40. The fraction of sp³-hybridized carbons (Fsp3) is 0.179. The Labute approximate surface area is 270 Å². The molecule has 0 saturated carbocycles. The average Bonchev–Trinajstić information content (AvgIpc) is 3.59. The Bertz CT molecular complexity index is 1900. The molecule has 0 fully saturated rings. The molecule has 5 aromatic rings. The summed E-state index contributed by atoms with van der Waals surface area (Å²) in [5.74, 6) is 0. The third-order valence-corrected chi connectivity index (χ3v) is 23.7. The molecule has 43 heavy (non-hydrogen) atoms. The first-order valence-electron chi connectivity index (χ1n) is 15.3. The molecule has 0 radical (unpaired) electrons. The van der Waals surface area contributed by atoms with Crippen molar-refractivity contribution in [1.29, 1.82) is 0 Å². The molecule has 1 atom stereocenters. The van der Waals surface area contributed by atoms with Gasteiger partial charge in [-0.3, -0.25) is 0 Å². The van der Waals surface area contributed by atoms with E-state index in [1.165, 1.54) is 69.3 Å². The summed E-state index contributed by atoms with van der Waals surface area (Å²) in [6, 6.07) is 40.0. The minimum atomic E-state index is -4.03. The topological polar surface area (TPSA) is 0 Å². The van der Waals surface area contributed by atoms with Gasteiger partial charge in [-0.1, -0.05) is 0 Å². The van der Waals surface area contributed by atoms with Crippen LogP contribution in [0.5, 0.6) is 0 Å². The Morgan fingerprint density at radius 3 is 2.07 bits per heavy atom. The third kappa shape index (κ3) is 4.90. The molecule has 0 spiro atoms. The Kier molecular flexibility index (Phi) is 7.58. The maximum atomic E-state index is 7.91. The van der Waals surface area contributed by atoms with E-state index in [-0.39, 0.29) is 9.04 Å². The molecule has 4 heteroatoms. The van der Waals surface area contributed by atoms with Crippen LogP contribution in [0.2, 0.25) is 0 Å². The summed E-state index contributed by atoms with van der Waals surface area (Å²) < 4.78 is 1.37. The van der Waals surface area contributed by atoms with E-state index < -0.39 is 27.4 Å². The molecule has 1 unspecified atom stereocenters. The number of allylic oxidation sites excluding steroid dienone is 1. The van der Waals surface area contributed by atoms with Crippen molar-refractivity contribution in [2.45, 2.75) is 43.2 Å². The second-order valence-electron chi connectivity index (χ2n) is 12.9. The van der Waals surface area contributed by atoms with E-state index in [0.717, 1.165) is 6.42 Å². The summed E-state index contributed by atoms with van der Waals surface area (Å²) in [4.78, 5) is 0. The number of fused-ring (bicyclic) bond motifs is 4. The van der Waals surface area contributed by atoms with Gasteiger partial charge >= 0.3 is 272 Å². The van der Waals surface area contributed by atoms with Gasteiger partial charge in [0.15, 0.2) is 0 Å². The molecule has 0 aromatic heterocycles. The SMILES string of the molecule is CCC1=Cc2c(ccc(C(C)(C)C)c2-c2ccccc2-c2ccccc2)[CH]1[Zr]([Cl])([Cl])[c]1cccc2c1[SiH2]c1ccccc1-2. The molecule has 0 nitrogen and oxygen atoms in total. The van der Waals surface area contributed by atoms with Crippen molar-refractivity contribution < 1.29 is 17.9 Å². The van der Waals surface area contributed by atoms with Gasteiger partial charge in [-0.05, 0) is 0 Å². The molecular weight excluding hydrogens is 659 g/mol. The average molecular weight is 695 g/mol. The zero-order chi connectivity index (χ0) is 29.9. The summed E-state index contributed by atoms with van der Waals surface area (Å²) >= 11 is -4.03. The van der Waals surface area contributed by atoms with Crippen LogP contribution in [-0.4, -0.2) is 9.52 Å². The zero-order valence-electron chi connectivity index (χ0n) is 25.2. The van der Waals surface area contributed by atoms with Crippen LogP contribution in [0.3, 0.4) is 0 Å². The van der Waals surface area contributed by atoms with E-state index in [2.05, 4.69) is 143 Å². The number of benzene rings is 5. The number of rotatable bonds is 5. The molecule has 1 aliphatic heterocycles. The molecule has 0 amide bonds. The zero-order valence-corrected chi connectivity index (χ0v) is 30.6. The predicted octanol–water partition coefficient (Wildman–Crippen LogP) is 9.05. The van der Waals surface area contributed by atoms with Gasteiger partial charge in [0.1, 0.15) is 0 Å². The van der Waals surface area contributed by atoms with Gasteiger partial charge in [0, 0.05) is 0 Å². The van der Waals surface area contributed by atoms with Crippen LogP contribution < -0.4 is 13.6 Å². The maximum absolute atomic E-state index is 7.91. The summed E-state index contributed by atoms with van der Waals surface area (Å²) in [7, 11) is 15.2. The van der Waals surface area contributed by atoms with Crippen molar-refractivity contribution in [2.24, 2.45) is 0 Å². The van der Waals surface area contributed by atoms with Gasteiger partial charge in [-0.15, -0.1) is 0 Å². The molecule has 214 valence electrons. The second-order valence-corrected chi connectivity index (χ2v) is 28.8. The summed E-state index contributed by atoms with van der Waals surface area (Å²) in [5, 5.41) is 2.99. The standard InChI is InChI=1S/C27H27.C12H9Si.2ClH.Zr/c1-5-19-17-21-15-16-25(27(2,3)4)26(24(21)18-19)23-14-10-9-13-22(23)20-11-7-6-8-12-20;1-3-7-11-9(5-1)10-6-2-4-8-12(10)13-11;;;/h6-18H,5H2,1-4H3;1-7H,13H2;2*1H;/q;;;;+2/p-2. The Hall–Kier alpha value is -2.48. The molecule has 0 N–H and O–H groups in total. The molecular formula is C39H36Cl2SiZr. The van der Waals surface area contributed by atoms with Crippen molar-refractivity contribution in [3.8, 4) is 33.4 Å². The Morgan fingerprint density at radius 1 is 0.698 bits per heavy atom. The normalized spacial score (nSPS) is 16.1. The van der Waals surface area contributed by atoms with Gasteiger partial charge in [0.2, 0.25) is 0 Å². The monoisotopic (exact) mass is 692 g/mol. The summed E-state index contributed by atoms with van der Waals surface area (Å²) in [6.45, 7) is 9.23. The van der Waals surface area contributed by atoms with Crippen LogP contribution in [-0.2, 0) is 23.3 Å². The third-order valence-electron chi connectivity index (χ3n) is 9.36. The molecule has 2 aliphatic rings. The first-order chi connectivity index (χ1) is 20.7. The van der Waals surface area contributed by atoms with Crippen LogP contribution in [0.4, 0.5) is 0 Å². The van der Waals surface area contributed by atoms with Crippen LogP contribution in [0.25, 0.3) is 39.5 Å². The molecule has 0 bridgehead atoms. The fourth-order valence-electron chi connectivity index (χ4n) is 7.36. The quantitative estimate of drug-likeness (QED) is 0.158. The van der Waals surface area contributed by atoms with Gasteiger partial charge in [0.25, 0.3) is 0 Å². The molecule has 1 aliphatic carbocycles. The predicted molar refractivity (Wildman–Crippen MR) is 188 cm³/mol. The Morgan fingerprint density at radius 2 is 1.35 bits per heavy atom. The van der Waals surface area contributed by atoms with Gasteiger partial charge in [-0.2, -0.15) is 0 Å². The van der Waals surface area contributed by atoms with E-state index >= 15 is 0 Å². The van der Waals surface area contributed by atoms with E-state index in [4.69, 9.17) is 17.0 Å². The van der Waals surface area contributed by atoms with Crippen LogP contribution in [0.1, 0.15) is 54.4 Å². The second kappa shape index (κ2) is 11.1. The van der Waals surface area contributed by atoms with E-state index in [9.17, 15) is 0 Å². The molecule has 5 aromatic carbocycles. The summed E-state index contributed by atoms with van der Waals surface area (Å²) in [5.41, 5.74) is 13.2. The molecule has 1 heterocycles. The van der Waals surface area contributed by atoms with E-state index in [0.29, 0.717) is 0 Å². The molecule has 7 rings (SSSR count). The van der Waals surface area contributed by atoms with Gasteiger partial charge < -0.3 is 0 Å². The number of hydrogen-bond donors (Lipinski definition) is 0. The van der Waals surface area contributed by atoms with Crippen molar-refractivity contribution in [1.82, 2.24) is 0 Å². The van der Waals surface area contributed by atoms with Gasteiger partial charge in [0.05, 0.1) is 0 Å². The molecule has 0 saturated heterocycles. The number of hydrogen-bond acceptors (Lipinski definition) is 0. The van der Waals surface area contributed by atoms with Crippen molar-refractivity contribution in [3.05, 3.63) is 131 Å². The first kappa shape index (κ1) is 29.2. The minimum absolute atomic E-state index is 0.0353. The van der Waals surface area contributed by atoms with Crippen LogP contribution in [0, 0.1) is 0 Å². The first-order valence-corrected chi connectivity index (χ1v) is 25.7. The van der Waals surface area contributed by atoms with Crippen molar-refractivity contribution in [2.75, 3.05) is 0 Å². The van der Waals surface area contributed by atoms with E-state index in [1.807, 2.05) is 0 Å². The van der Waals surface area contributed by atoms with E-state index in [1.54, 1.807) is 0 Å². The Balaban J connectivity index is 1.44. The fourth-order valence-corrected chi connectivity index (χ4v) is 24.4. The van der Waals surface area contributed by atoms with Crippen molar-refractivity contribution in [3.63, 3.8) is 0 Å². The number of halogens is 2. The van der Waals surface area contributed by atoms with Crippen LogP contribution >= 0.6 is 17.0 Å². The van der Waals surface area contributed by atoms with Crippen molar-refractivity contribution >= 4 is 46.3 Å². The van der Waals surface area contributed by atoms with Gasteiger partial charge in [-0.25, -0.2) is 0 Å². The van der Waals surface area contributed by atoms with Crippen LogP contribution in [0.15, 0.2) is 115 Å².